The predicted molar refractivity (Wildman–Crippen MR) is 80.4 cm³/mol. The Balaban J connectivity index is 1.83. The molecule has 120 valence electrons. The number of hydrogen-bond acceptors (Lipinski definition) is 5. The molecule has 0 spiro atoms. The summed E-state index contributed by atoms with van der Waals surface area (Å²) < 4.78 is 15.9. The molecule has 0 N–H and O–H groups in total. The fraction of sp³-hybridized carbons (Fsp3) is 0.529. The van der Waals surface area contributed by atoms with Gasteiger partial charge in [-0.05, 0) is 24.0 Å². The van der Waals surface area contributed by atoms with Crippen LogP contribution in [0.1, 0.15) is 37.0 Å². The monoisotopic (exact) mass is 306 g/mol. The van der Waals surface area contributed by atoms with Gasteiger partial charge in [0.05, 0.1) is 37.9 Å². The van der Waals surface area contributed by atoms with Crippen LogP contribution in [0.2, 0.25) is 0 Å². The summed E-state index contributed by atoms with van der Waals surface area (Å²) in [6.45, 7) is 5.65. The van der Waals surface area contributed by atoms with Gasteiger partial charge < -0.3 is 14.2 Å². The van der Waals surface area contributed by atoms with Gasteiger partial charge in [0.1, 0.15) is 0 Å². The normalized spacial score (nSPS) is 18.7. The molecule has 0 aliphatic carbocycles. The van der Waals surface area contributed by atoms with E-state index in [1.165, 1.54) is 0 Å². The molecule has 1 aliphatic heterocycles. The standard InChI is InChI=1S/C17H22O5/c1-17(2,10-14-12-20-8-9-21-14)11-15(18)22-16(19)13-6-4-3-5-7-13/h3-7,14H,8-12H2,1-2H3. The van der Waals surface area contributed by atoms with Crippen molar-refractivity contribution in [3.05, 3.63) is 35.9 Å². The summed E-state index contributed by atoms with van der Waals surface area (Å²) >= 11 is 0. The fourth-order valence-electron chi connectivity index (χ4n) is 2.51. The molecule has 1 aromatic carbocycles. The highest BCUT2D eigenvalue weighted by molar-refractivity contribution is 5.96. The van der Waals surface area contributed by atoms with Crippen molar-refractivity contribution in [2.75, 3.05) is 19.8 Å². The van der Waals surface area contributed by atoms with Crippen LogP contribution >= 0.6 is 0 Å². The molecule has 1 unspecified atom stereocenters. The SMILES string of the molecule is CC(C)(CC(=O)OC(=O)c1ccccc1)CC1COCCO1. The molecule has 0 aromatic heterocycles. The van der Waals surface area contributed by atoms with E-state index in [0.29, 0.717) is 31.8 Å². The van der Waals surface area contributed by atoms with E-state index in [0.717, 1.165) is 0 Å². The van der Waals surface area contributed by atoms with Gasteiger partial charge in [0.25, 0.3) is 0 Å². The van der Waals surface area contributed by atoms with E-state index in [4.69, 9.17) is 14.2 Å². The van der Waals surface area contributed by atoms with Crippen LogP contribution in [0.5, 0.6) is 0 Å². The molecule has 1 aromatic rings. The molecule has 0 bridgehead atoms. The molecule has 1 saturated heterocycles. The number of hydrogen-bond donors (Lipinski definition) is 0. The van der Waals surface area contributed by atoms with Gasteiger partial charge in [0.2, 0.25) is 0 Å². The first kappa shape index (κ1) is 16.6. The first-order valence-electron chi connectivity index (χ1n) is 7.46. The van der Waals surface area contributed by atoms with Crippen LogP contribution in [-0.4, -0.2) is 37.9 Å². The first-order valence-corrected chi connectivity index (χ1v) is 7.46. The number of ether oxygens (including phenoxy) is 3. The fourth-order valence-corrected chi connectivity index (χ4v) is 2.51. The van der Waals surface area contributed by atoms with Gasteiger partial charge in [0, 0.05) is 0 Å². The summed E-state index contributed by atoms with van der Waals surface area (Å²) in [6.07, 6.45) is 0.828. The highest BCUT2D eigenvalue weighted by atomic mass is 16.6. The van der Waals surface area contributed by atoms with E-state index < -0.39 is 11.9 Å². The second-order valence-corrected chi connectivity index (χ2v) is 6.24. The Hall–Kier alpha value is -1.72. The Morgan fingerprint density at radius 2 is 1.95 bits per heavy atom. The minimum atomic E-state index is -0.612. The van der Waals surface area contributed by atoms with Crippen molar-refractivity contribution in [2.24, 2.45) is 5.41 Å². The lowest BCUT2D eigenvalue weighted by Gasteiger charge is -2.31. The van der Waals surface area contributed by atoms with Gasteiger partial charge in [-0.1, -0.05) is 32.0 Å². The summed E-state index contributed by atoms with van der Waals surface area (Å²) in [6, 6.07) is 8.49. The largest absolute Gasteiger partial charge is 0.389 e. The Morgan fingerprint density at radius 3 is 2.59 bits per heavy atom. The van der Waals surface area contributed by atoms with E-state index in [1.807, 2.05) is 13.8 Å². The van der Waals surface area contributed by atoms with Crippen molar-refractivity contribution in [3.8, 4) is 0 Å². The smallest absolute Gasteiger partial charge is 0.345 e. The predicted octanol–water partition coefficient (Wildman–Crippen LogP) is 2.59. The molecule has 0 radical (unpaired) electrons. The number of esters is 2. The molecule has 1 fully saturated rings. The highest BCUT2D eigenvalue weighted by Crippen LogP contribution is 2.29. The van der Waals surface area contributed by atoms with Gasteiger partial charge in [0.15, 0.2) is 0 Å². The molecule has 0 amide bonds. The van der Waals surface area contributed by atoms with Crippen molar-refractivity contribution >= 4 is 11.9 Å². The summed E-state index contributed by atoms with van der Waals surface area (Å²) in [5.41, 5.74) is 0.0528. The maximum Gasteiger partial charge on any atom is 0.345 e. The quantitative estimate of drug-likeness (QED) is 0.618. The Morgan fingerprint density at radius 1 is 1.23 bits per heavy atom. The summed E-state index contributed by atoms with van der Waals surface area (Å²) in [5, 5.41) is 0. The van der Waals surface area contributed by atoms with Gasteiger partial charge in [-0.25, -0.2) is 4.79 Å². The van der Waals surface area contributed by atoms with Crippen LogP contribution in [0, 0.1) is 5.41 Å². The molecular formula is C17H22O5. The zero-order valence-corrected chi connectivity index (χ0v) is 13.0. The highest BCUT2D eigenvalue weighted by Gasteiger charge is 2.29. The van der Waals surface area contributed by atoms with Crippen molar-refractivity contribution in [2.45, 2.75) is 32.8 Å². The van der Waals surface area contributed by atoms with Crippen molar-refractivity contribution < 1.29 is 23.8 Å². The molecule has 1 aliphatic rings. The maximum absolute atomic E-state index is 12.0. The summed E-state index contributed by atoms with van der Waals surface area (Å²) in [4.78, 5) is 23.8. The minimum Gasteiger partial charge on any atom is -0.389 e. The van der Waals surface area contributed by atoms with Crippen molar-refractivity contribution in [1.82, 2.24) is 0 Å². The van der Waals surface area contributed by atoms with E-state index in [1.54, 1.807) is 30.3 Å². The lowest BCUT2D eigenvalue weighted by molar-refractivity contribution is -0.142. The number of rotatable bonds is 5. The summed E-state index contributed by atoms with van der Waals surface area (Å²) in [5.74, 6) is -1.13. The van der Waals surface area contributed by atoms with E-state index in [2.05, 4.69) is 0 Å². The van der Waals surface area contributed by atoms with Gasteiger partial charge in [-0.2, -0.15) is 0 Å². The Kier molecular flexibility index (Phi) is 5.69. The zero-order chi connectivity index (χ0) is 16.0. The lowest BCUT2D eigenvalue weighted by atomic mass is 9.83. The van der Waals surface area contributed by atoms with Crippen LogP contribution in [0.25, 0.3) is 0 Å². The van der Waals surface area contributed by atoms with Crippen LogP contribution in [-0.2, 0) is 19.0 Å². The molecule has 0 saturated carbocycles. The molecular weight excluding hydrogens is 284 g/mol. The third-order valence-corrected chi connectivity index (χ3v) is 3.50. The van der Waals surface area contributed by atoms with Gasteiger partial charge in [-0.15, -0.1) is 0 Å². The third-order valence-electron chi connectivity index (χ3n) is 3.50. The molecule has 22 heavy (non-hydrogen) atoms. The molecule has 1 heterocycles. The first-order chi connectivity index (χ1) is 10.5. The zero-order valence-electron chi connectivity index (χ0n) is 13.0. The minimum absolute atomic E-state index is 0.0126. The van der Waals surface area contributed by atoms with Crippen LogP contribution < -0.4 is 0 Å². The third kappa shape index (κ3) is 5.24. The molecule has 2 rings (SSSR count). The number of carbonyl (C=O) groups is 2. The van der Waals surface area contributed by atoms with E-state index in [-0.39, 0.29) is 17.9 Å². The van der Waals surface area contributed by atoms with Crippen LogP contribution in [0.3, 0.4) is 0 Å². The topological polar surface area (TPSA) is 61.8 Å². The molecule has 5 heteroatoms. The average Bonchev–Trinajstić information content (AvgIpc) is 2.47. The van der Waals surface area contributed by atoms with Crippen molar-refractivity contribution in [1.29, 1.82) is 0 Å². The number of benzene rings is 1. The van der Waals surface area contributed by atoms with Crippen LogP contribution in [0.15, 0.2) is 30.3 Å². The summed E-state index contributed by atoms with van der Waals surface area (Å²) in [7, 11) is 0. The second kappa shape index (κ2) is 7.51. The molecule has 1 atom stereocenters. The second-order valence-electron chi connectivity index (χ2n) is 6.24. The van der Waals surface area contributed by atoms with Crippen LogP contribution in [0.4, 0.5) is 0 Å². The Labute approximate surface area is 130 Å². The van der Waals surface area contributed by atoms with Gasteiger partial charge >= 0.3 is 11.9 Å². The van der Waals surface area contributed by atoms with E-state index in [9.17, 15) is 9.59 Å². The van der Waals surface area contributed by atoms with E-state index >= 15 is 0 Å². The number of carbonyl (C=O) groups excluding carboxylic acids is 2. The maximum atomic E-state index is 12.0. The Bertz CT molecular complexity index is 503. The van der Waals surface area contributed by atoms with Crippen molar-refractivity contribution in [3.63, 3.8) is 0 Å². The van der Waals surface area contributed by atoms with Gasteiger partial charge in [-0.3, -0.25) is 4.79 Å². The lowest BCUT2D eigenvalue weighted by Crippen LogP contribution is -2.34. The average molecular weight is 306 g/mol. The molecule has 5 nitrogen and oxygen atoms in total.